The predicted molar refractivity (Wildman–Crippen MR) is 24.6 cm³/mol. The van der Waals surface area contributed by atoms with Gasteiger partial charge in [-0.05, 0) is 5.54 Å². The maximum absolute atomic E-state index is 4.76. The molecule has 0 spiro atoms. The molecule has 0 atom stereocenters. The van der Waals surface area contributed by atoms with E-state index in [1.807, 2.05) is 0 Å². The molecule has 22 valence electrons. The van der Waals surface area contributed by atoms with Crippen molar-refractivity contribution in [2.24, 2.45) is 0 Å². The Morgan fingerprint density at radius 3 is 1.75 bits per heavy atom. The number of halogens is 1. The summed E-state index contributed by atoms with van der Waals surface area (Å²) in [6, 6.07) is 0. The molecule has 2 heteroatoms. The van der Waals surface area contributed by atoms with Crippen LogP contribution in [0.5, 0.6) is 0 Å². The van der Waals surface area contributed by atoms with Crippen molar-refractivity contribution in [2.45, 2.75) is 0 Å². The molecule has 0 rings (SSSR count). The van der Waals surface area contributed by atoms with Crippen LogP contribution in [-0.2, 0) is 0 Å². The van der Waals surface area contributed by atoms with Crippen molar-refractivity contribution in [3.05, 3.63) is 12.1 Å². The summed E-state index contributed by atoms with van der Waals surface area (Å²) in [7, 11) is 0. The fraction of sp³-hybridized carbons (Fsp3) is 0. The van der Waals surface area contributed by atoms with Crippen LogP contribution in [0.3, 0.4) is 0 Å². The summed E-state index contributed by atoms with van der Waals surface area (Å²) in [5.74, 6) is 0. The summed E-state index contributed by atoms with van der Waals surface area (Å²) in [5.41, 5.74) is 1.22. The average Bonchev–Trinajstić information content (AvgIpc) is 0.918. The standard InChI is InChI=1S/C2H3Cl.Ca.2H/c1-2-3;;;/h2H,1H2;;;. The first-order valence-electron chi connectivity index (χ1n) is 0.626. The molecule has 0 aromatic carbocycles. The fourth-order valence-corrected chi connectivity index (χ4v) is 0. The van der Waals surface area contributed by atoms with E-state index in [1.54, 1.807) is 0 Å². The molecule has 0 unspecified atom stereocenters. The summed E-state index contributed by atoms with van der Waals surface area (Å²) >= 11 is 4.76. The van der Waals surface area contributed by atoms with Crippen molar-refractivity contribution in [1.82, 2.24) is 0 Å². The minimum atomic E-state index is 0. The van der Waals surface area contributed by atoms with Crippen LogP contribution in [0.15, 0.2) is 12.1 Å². The monoisotopic (exact) mass is 104 g/mol. The predicted octanol–water partition coefficient (Wildman–Crippen LogP) is 0.452. The van der Waals surface area contributed by atoms with Crippen LogP contribution in [-0.4, -0.2) is 37.7 Å². The Kier molecular flexibility index (Phi) is 19.9. The first kappa shape index (κ1) is 8.99. The second-order valence-corrected chi connectivity index (χ2v) is 0.463. The SMILES string of the molecule is C=CCl.[CaH2]. The van der Waals surface area contributed by atoms with E-state index < -0.39 is 0 Å². The third-order valence-electron chi connectivity index (χ3n) is 0. The van der Waals surface area contributed by atoms with Gasteiger partial charge in [-0.25, -0.2) is 0 Å². The quantitative estimate of drug-likeness (QED) is 0.392. The van der Waals surface area contributed by atoms with E-state index in [4.69, 9.17) is 11.6 Å². The summed E-state index contributed by atoms with van der Waals surface area (Å²) in [4.78, 5) is 0. The first-order valence-corrected chi connectivity index (χ1v) is 1.06. The topological polar surface area (TPSA) is 0 Å². The fourth-order valence-electron chi connectivity index (χ4n) is 0. The molecule has 0 heterocycles. The molecule has 0 bridgehead atoms. The molecule has 0 N–H and O–H groups in total. The van der Waals surface area contributed by atoms with Gasteiger partial charge in [0, 0.05) is 0 Å². The van der Waals surface area contributed by atoms with E-state index >= 15 is 0 Å². The molecule has 0 aliphatic rings. The van der Waals surface area contributed by atoms with Gasteiger partial charge in [0.1, 0.15) is 0 Å². The van der Waals surface area contributed by atoms with Crippen molar-refractivity contribution in [2.75, 3.05) is 0 Å². The molecule has 0 saturated carbocycles. The van der Waals surface area contributed by atoms with E-state index in [9.17, 15) is 0 Å². The number of hydrogen-bond donors (Lipinski definition) is 0. The van der Waals surface area contributed by atoms with Crippen LogP contribution in [0, 0.1) is 0 Å². The summed E-state index contributed by atoms with van der Waals surface area (Å²) in [6.45, 7) is 3.13. The van der Waals surface area contributed by atoms with E-state index in [2.05, 4.69) is 6.58 Å². The van der Waals surface area contributed by atoms with Crippen molar-refractivity contribution in [1.29, 1.82) is 0 Å². The van der Waals surface area contributed by atoms with Crippen molar-refractivity contribution in [3.8, 4) is 0 Å². The Morgan fingerprint density at radius 2 is 1.75 bits per heavy atom. The molecule has 0 nitrogen and oxygen atoms in total. The second-order valence-electron chi connectivity index (χ2n) is 0.154. The van der Waals surface area contributed by atoms with Crippen LogP contribution in [0.1, 0.15) is 0 Å². The number of hydrogen-bond acceptors (Lipinski definition) is 0. The first-order chi connectivity index (χ1) is 1.41. The van der Waals surface area contributed by atoms with Gasteiger partial charge in [-0.2, -0.15) is 0 Å². The average molecular weight is 105 g/mol. The molecule has 0 aromatic rings. The Labute approximate surface area is 60.8 Å². The molecule has 0 saturated heterocycles. The van der Waals surface area contributed by atoms with Gasteiger partial charge in [0.05, 0.1) is 0 Å². The van der Waals surface area contributed by atoms with Gasteiger partial charge < -0.3 is 0 Å². The van der Waals surface area contributed by atoms with Gasteiger partial charge >= 0.3 is 37.7 Å². The molecule has 0 aliphatic heterocycles. The van der Waals surface area contributed by atoms with Crippen LogP contribution in [0.4, 0.5) is 0 Å². The van der Waals surface area contributed by atoms with Crippen molar-refractivity contribution >= 4 is 49.3 Å². The molecule has 0 aliphatic carbocycles. The summed E-state index contributed by atoms with van der Waals surface area (Å²) < 4.78 is 0. The molecule has 0 amide bonds. The summed E-state index contributed by atoms with van der Waals surface area (Å²) in [6.07, 6.45) is 0. The van der Waals surface area contributed by atoms with Crippen LogP contribution in [0.2, 0.25) is 0 Å². The van der Waals surface area contributed by atoms with Crippen molar-refractivity contribution < 1.29 is 0 Å². The zero-order valence-electron chi connectivity index (χ0n) is 1.66. The molecule has 4 heavy (non-hydrogen) atoms. The van der Waals surface area contributed by atoms with E-state index in [-0.39, 0.29) is 37.7 Å². The van der Waals surface area contributed by atoms with Gasteiger partial charge in [-0.15, -0.1) is 0 Å². The Morgan fingerprint density at radius 1 is 1.75 bits per heavy atom. The van der Waals surface area contributed by atoms with Crippen LogP contribution >= 0.6 is 11.6 Å². The van der Waals surface area contributed by atoms with Gasteiger partial charge in [-0.1, -0.05) is 18.2 Å². The second kappa shape index (κ2) is 8.85. The van der Waals surface area contributed by atoms with Gasteiger partial charge in [0.2, 0.25) is 0 Å². The van der Waals surface area contributed by atoms with E-state index in [1.165, 1.54) is 5.54 Å². The van der Waals surface area contributed by atoms with Crippen LogP contribution in [0.25, 0.3) is 0 Å². The zero-order valence-corrected chi connectivity index (χ0v) is 2.42. The summed E-state index contributed by atoms with van der Waals surface area (Å²) in [5, 5.41) is 0. The molecule has 0 radical (unpaired) electrons. The third kappa shape index (κ3) is 10.4. The molecular weight excluding hydrogens is 99.6 g/mol. The Hall–Kier alpha value is 1.29. The number of rotatable bonds is 0. The minimum absolute atomic E-state index is 0. The van der Waals surface area contributed by atoms with Crippen LogP contribution < -0.4 is 0 Å². The van der Waals surface area contributed by atoms with Gasteiger partial charge in [0.15, 0.2) is 0 Å². The van der Waals surface area contributed by atoms with Gasteiger partial charge in [-0.3, -0.25) is 0 Å². The third-order valence-corrected chi connectivity index (χ3v) is 0. The molecular formula is C2H5CaCl. The van der Waals surface area contributed by atoms with Gasteiger partial charge in [0.25, 0.3) is 0 Å². The Bertz CT molecular complexity index is 13.5. The van der Waals surface area contributed by atoms with E-state index in [0.717, 1.165) is 0 Å². The molecule has 0 aromatic heterocycles. The Balaban J connectivity index is 0. The zero-order chi connectivity index (χ0) is 2.71. The normalized spacial score (nSPS) is 3.25. The van der Waals surface area contributed by atoms with E-state index in [0.29, 0.717) is 0 Å². The maximum atomic E-state index is 4.76. The van der Waals surface area contributed by atoms with Crippen molar-refractivity contribution in [3.63, 3.8) is 0 Å². The molecule has 0 fully saturated rings.